The highest BCUT2D eigenvalue weighted by atomic mass is 19.4. The van der Waals surface area contributed by atoms with E-state index in [-0.39, 0.29) is 11.6 Å². The summed E-state index contributed by atoms with van der Waals surface area (Å²) in [7, 11) is 0. The normalized spacial score (nSPS) is 16.2. The Kier molecular flexibility index (Phi) is 4.52. The molecule has 6 nitrogen and oxygen atoms in total. The van der Waals surface area contributed by atoms with Gasteiger partial charge in [-0.2, -0.15) is 18.3 Å². The van der Waals surface area contributed by atoms with Crippen molar-refractivity contribution in [1.29, 1.82) is 0 Å². The first kappa shape index (κ1) is 16.4. The van der Waals surface area contributed by atoms with Crippen LogP contribution in [0.2, 0.25) is 0 Å². The summed E-state index contributed by atoms with van der Waals surface area (Å²) in [6.45, 7) is 1.24. The minimum atomic E-state index is -4.38. The van der Waals surface area contributed by atoms with Gasteiger partial charge in [-0.25, -0.2) is 5.84 Å². The molecule has 128 valence electrons. The standard InChI is InChI=1S/C15H17F3N6/c16-15(17,18)12-2-1-5-20-14(12)10-3-6-24(7-4-10)11-8-13(22-19)23-21-9-11/h1-2,5,8-10H,3-4,6-7,19H2,(H,22,23). The highest BCUT2D eigenvalue weighted by Crippen LogP contribution is 2.38. The summed E-state index contributed by atoms with van der Waals surface area (Å²) in [5, 5.41) is 7.67. The molecule has 3 N–H and O–H groups in total. The predicted octanol–water partition coefficient (Wildman–Crippen LogP) is 2.56. The second kappa shape index (κ2) is 6.60. The van der Waals surface area contributed by atoms with E-state index in [0.717, 1.165) is 11.8 Å². The lowest BCUT2D eigenvalue weighted by Crippen LogP contribution is -2.34. The molecule has 0 amide bonds. The van der Waals surface area contributed by atoms with Crippen LogP contribution in [0.15, 0.2) is 30.6 Å². The van der Waals surface area contributed by atoms with E-state index in [9.17, 15) is 13.2 Å². The largest absolute Gasteiger partial charge is 0.418 e. The maximum atomic E-state index is 13.1. The van der Waals surface area contributed by atoms with Gasteiger partial charge in [0.2, 0.25) is 0 Å². The molecule has 0 bridgehead atoms. The summed E-state index contributed by atoms with van der Waals surface area (Å²) in [5.74, 6) is 5.55. The van der Waals surface area contributed by atoms with Gasteiger partial charge in [-0.3, -0.25) is 4.98 Å². The molecule has 2 aromatic rings. The molecule has 9 heteroatoms. The number of halogens is 3. The predicted molar refractivity (Wildman–Crippen MR) is 83.3 cm³/mol. The molecular formula is C15H17F3N6. The van der Waals surface area contributed by atoms with Gasteiger partial charge in [-0.05, 0) is 25.0 Å². The van der Waals surface area contributed by atoms with Crippen molar-refractivity contribution in [1.82, 2.24) is 15.2 Å². The number of rotatable bonds is 3. The van der Waals surface area contributed by atoms with E-state index in [1.165, 1.54) is 12.3 Å². The average Bonchev–Trinajstić information content (AvgIpc) is 2.61. The first-order valence-electron chi connectivity index (χ1n) is 7.55. The number of hydrogen-bond donors (Lipinski definition) is 2. The Labute approximate surface area is 136 Å². The van der Waals surface area contributed by atoms with Crippen molar-refractivity contribution in [2.75, 3.05) is 23.4 Å². The van der Waals surface area contributed by atoms with Crippen LogP contribution in [0.25, 0.3) is 0 Å². The zero-order valence-corrected chi connectivity index (χ0v) is 12.8. The fourth-order valence-corrected chi connectivity index (χ4v) is 2.99. The molecule has 2 aromatic heterocycles. The molecule has 0 aromatic carbocycles. The third-order valence-electron chi connectivity index (χ3n) is 4.18. The lowest BCUT2D eigenvalue weighted by Gasteiger charge is -2.33. The third kappa shape index (κ3) is 3.40. The lowest BCUT2D eigenvalue weighted by molar-refractivity contribution is -0.138. The Morgan fingerprint density at radius 2 is 2.00 bits per heavy atom. The Morgan fingerprint density at radius 3 is 2.67 bits per heavy atom. The Hall–Kier alpha value is -2.42. The van der Waals surface area contributed by atoms with Crippen LogP contribution in [0.3, 0.4) is 0 Å². The molecule has 24 heavy (non-hydrogen) atoms. The summed E-state index contributed by atoms with van der Waals surface area (Å²) >= 11 is 0. The van der Waals surface area contributed by atoms with Crippen molar-refractivity contribution in [2.45, 2.75) is 24.9 Å². The zero-order chi connectivity index (χ0) is 17.2. The van der Waals surface area contributed by atoms with Gasteiger partial charge in [0, 0.05) is 31.3 Å². The number of aromatic nitrogens is 3. The second-order valence-corrected chi connectivity index (χ2v) is 5.64. The van der Waals surface area contributed by atoms with Crippen molar-refractivity contribution in [3.05, 3.63) is 41.9 Å². The van der Waals surface area contributed by atoms with Crippen LogP contribution in [-0.4, -0.2) is 28.3 Å². The number of nitrogens with two attached hydrogens (primary N) is 1. The highest BCUT2D eigenvalue weighted by molar-refractivity contribution is 5.52. The molecule has 1 saturated heterocycles. The van der Waals surface area contributed by atoms with Gasteiger partial charge >= 0.3 is 6.18 Å². The minimum absolute atomic E-state index is 0.141. The van der Waals surface area contributed by atoms with E-state index in [2.05, 4.69) is 25.5 Å². The molecule has 0 unspecified atom stereocenters. The SMILES string of the molecule is NNc1cc(N2CCC(c3ncccc3C(F)(F)F)CC2)cnn1. The number of nitrogens with zero attached hydrogens (tertiary/aromatic N) is 4. The van der Waals surface area contributed by atoms with Crippen LogP contribution in [0.1, 0.15) is 30.0 Å². The molecular weight excluding hydrogens is 321 g/mol. The molecule has 3 rings (SSSR count). The monoisotopic (exact) mass is 338 g/mol. The fourth-order valence-electron chi connectivity index (χ4n) is 2.99. The van der Waals surface area contributed by atoms with E-state index in [0.29, 0.717) is 31.7 Å². The number of hydrogen-bond acceptors (Lipinski definition) is 6. The first-order valence-corrected chi connectivity index (χ1v) is 7.55. The molecule has 3 heterocycles. The van der Waals surface area contributed by atoms with E-state index < -0.39 is 11.7 Å². The van der Waals surface area contributed by atoms with Crippen LogP contribution in [-0.2, 0) is 6.18 Å². The van der Waals surface area contributed by atoms with Crippen LogP contribution in [0, 0.1) is 0 Å². The van der Waals surface area contributed by atoms with Gasteiger partial charge in [-0.15, -0.1) is 5.10 Å². The molecule has 1 fully saturated rings. The number of piperidine rings is 1. The maximum absolute atomic E-state index is 13.1. The van der Waals surface area contributed by atoms with Crippen LogP contribution < -0.4 is 16.2 Å². The molecule has 1 aliphatic heterocycles. The topological polar surface area (TPSA) is 80.0 Å². The van der Waals surface area contributed by atoms with Crippen LogP contribution in [0.5, 0.6) is 0 Å². The highest BCUT2D eigenvalue weighted by Gasteiger charge is 2.36. The lowest BCUT2D eigenvalue weighted by atomic mass is 9.90. The number of anilines is 2. The number of hydrazine groups is 1. The molecule has 0 aliphatic carbocycles. The smallest absolute Gasteiger partial charge is 0.370 e. The molecule has 0 radical (unpaired) electrons. The van der Waals surface area contributed by atoms with Crippen LogP contribution >= 0.6 is 0 Å². The molecule has 0 spiro atoms. The van der Waals surface area contributed by atoms with Crippen LogP contribution in [0.4, 0.5) is 24.7 Å². The summed E-state index contributed by atoms with van der Waals surface area (Å²) in [5.41, 5.74) is 2.78. The van der Waals surface area contributed by atoms with Gasteiger partial charge in [-0.1, -0.05) is 0 Å². The van der Waals surface area contributed by atoms with Gasteiger partial charge < -0.3 is 10.3 Å². The Bertz CT molecular complexity index is 698. The summed E-state index contributed by atoms with van der Waals surface area (Å²) in [6, 6.07) is 4.18. The van der Waals surface area contributed by atoms with Gasteiger partial charge in [0.1, 0.15) is 0 Å². The Morgan fingerprint density at radius 1 is 1.25 bits per heavy atom. The van der Waals surface area contributed by atoms with Crippen molar-refractivity contribution in [3.63, 3.8) is 0 Å². The third-order valence-corrected chi connectivity index (χ3v) is 4.18. The zero-order valence-electron chi connectivity index (χ0n) is 12.8. The van der Waals surface area contributed by atoms with Crippen molar-refractivity contribution in [3.8, 4) is 0 Å². The summed E-state index contributed by atoms with van der Waals surface area (Å²) in [6.07, 6.45) is -0.162. The fraction of sp³-hybridized carbons (Fsp3) is 0.400. The van der Waals surface area contributed by atoms with Gasteiger partial charge in [0.05, 0.1) is 23.1 Å². The summed E-state index contributed by atoms with van der Waals surface area (Å²) < 4.78 is 39.4. The number of alkyl halides is 3. The maximum Gasteiger partial charge on any atom is 0.418 e. The number of pyridine rings is 1. The van der Waals surface area contributed by atoms with E-state index in [4.69, 9.17) is 5.84 Å². The van der Waals surface area contributed by atoms with Crippen molar-refractivity contribution in [2.24, 2.45) is 5.84 Å². The van der Waals surface area contributed by atoms with E-state index >= 15 is 0 Å². The number of nitrogens with one attached hydrogen (secondary N) is 1. The second-order valence-electron chi connectivity index (χ2n) is 5.64. The minimum Gasteiger partial charge on any atom is -0.370 e. The molecule has 0 atom stereocenters. The average molecular weight is 338 g/mol. The quantitative estimate of drug-likeness (QED) is 0.661. The molecule has 1 aliphatic rings. The Balaban J connectivity index is 1.74. The van der Waals surface area contributed by atoms with Gasteiger partial charge in [0.15, 0.2) is 5.82 Å². The number of nitrogen functional groups attached to an aromatic ring is 1. The van der Waals surface area contributed by atoms with Crippen molar-refractivity contribution >= 4 is 11.5 Å². The first-order chi connectivity index (χ1) is 11.5. The summed E-state index contributed by atoms with van der Waals surface area (Å²) in [4.78, 5) is 6.06. The van der Waals surface area contributed by atoms with Crippen molar-refractivity contribution < 1.29 is 13.2 Å². The molecule has 0 saturated carbocycles. The van der Waals surface area contributed by atoms with E-state index in [1.54, 1.807) is 12.3 Å². The van der Waals surface area contributed by atoms with Gasteiger partial charge in [0.25, 0.3) is 0 Å². The van der Waals surface area contributed by atoms with E-state index in [1.807, 2.05) is 0 Å².